The highest BCUT2D eigenvalue weighted by atomic mass is 32.2. The number of nitrogens with one attached hydrogen (secondary N) is 2. The van der Waals surface area contributed by atoms with Crippen LogP contribution in [0.15, 0.2) is 59.5 Å². The Labute approximate surface area is 222 Å². The minimum absolute atomic E-state index is 0.0464. The van der Waals surface area contributed by atoms with Crippen molar-refractivity contribution in [1.82, 2.24) is 19.6 Å². The van der Waals surface area contributed by atoms with Crippen LogP contribution in [0.3, 0.4) is 0 Å². The number of hydrogen-bond donors (Lipinski definition) is 2. The van der Waals surface area contributed by atoms with E-state index >= 15 is 0 Å². The van der Waals surface area contributed by atoms with E-state index in [-0.39, 0.29) is 24.0 Å². The lowest BCUT2D eigenvalue weighted by molar-refractivity contribution is -0.137. The van der Waals surface area contributed by atoms with Gasteiger partial charge < -0.3 is 10.6 Å². The molecular weight excluding hydrogens is 538 g/mol. The van der Waals surface area contributed by atoms with Crippen molar-refractivity contribution in [2.24, 2.45) is 0 Å². The number of rotatable bonds is 8. The zero-order valence-electron chi connectivity index (χ0n) is 20.6. The van der Waals surface area contributed by atoms with Crippen molar-refractivity contribution in [2.75, 3.05) is 11.9 Å². The standard InChI is InChI=1S/C26H25F4N5O3S/c27-18-7-11-21(12-8-18)39(37,38)35-13-1-2-23(35)24(36)31-15-20-14-22(34-25(33-20)32-19-9-10-19)16-3-5-17(6-4-16)26(28,29)30/h3-8,11-12,14,19,23H,1-2,9-10,13,15H2,(H,31,36)(H,32,33,34)/t23-/m0/s1. The molecule has 1 atom stereocenters. The Morgan fingerprint density at radius 1 is 1.00 bits per heavy atom. The molecule has 1 aliphatic carbocycles. The third-order valence-electron chi connectivity index (χ3n) is 6.57. The van der Waals surface area contributed by atoms with Crippen LogP contribution in [0, 0.1) is 5.82 Å². The zero-order chi connectivity index (χ0) is 27.8. The summed E-state index contributed by atoms with van der Waals surface area (Å²) in [5.74, 6) is -0.786. The lowest BCUT2D eigenvalue weighted by atomic mass is 10.1. The van der Waals surface area contributed by atoms with Crippen LogP contribution in [0.25, 0.3) is 11.3 Å². The number of alkyl halides is 3. The molecule has 0 spiro atoms. The van der Waals surface area contributed by atoms with Crippen LogP contribution < -0.4 is 10.6 Å². The third kappa shape index (κ3) is 6.19. The molecule has 1 saturated heterocycles. The molecule has 206 valence electrons. The molecule has 8 nitrogen and oxygen atoms in total. The lowest BCUT2D eigenvalue weighted by Crippen LogP contribution is -2.45. The summed E-state index contributed by atoms with van der Waals surface area (Å²) in [6.45, 7) is 0.105. The number of carbonyl (C=O) groups excluding carboxylic acids is 1. The summed E-state index contributed by atoms with van der Waals surface area (Å²) < 4.78 is 79.6. The van der Waals surface area contributed by atoms with Crippen LogP contribution in [0.1, 0.15) is 36.9 Å². The van der Waals surface area contributed by atoms with Crippen LogP contribution in [0.2, 0.25) is 0 Å². The van der Waals surface area contributed by atoms with Crippen molar-refractivity contribution in [3.63, 3.8) is 0 Å². The topological polar surface area (TPSA) is 104 Å². The molecular formula is C26H25F4N5O3S. The normalized spacial score (nSPS) is 18.2. The summed E-state index contributed by atoms with van der Waals surface area (Å²) in [6, 6.07) is 9.86. The summed E-state index contributed by atoms with van der Waals surface area (Å²) >= 11 is 0. The number of aromatic nitrogens is 2. The highest BCUT2D eigenvalue weighted by molar-refractivity contribution is 7.89. The first-order valence-corrected chi connectivity index (χ1v) is 13.8. The van der Waals surface area contributed by atoms with Gasteiger partial charge in [0, 0.05) is 18.2 Å². The maximum Gasteiger partial charge on any atom is 0.416 e. The zero-order valence-corrected chi connectivity index (χ0v) is 21.4. The van der Waals surface area contributed by atoms with Gasteiger partial charge in [0.1, 0.15) is 11.9 Å². The minimum Gasteiger partial charge on any atom is -0.351 e. The Hall–Kier alpha value is -3.58. The van der Waals surface area contributed by atoms with Gasteiger partial charge in [0.25, 0.3) is 0 Å². The average Bonchev–Trinajstić information content (AvgIpc) is 3.56. The molecule has 0 bridgehead atoms. The van der Waals surface area contributed by atoms with Gasteiger partial charge in [-0.1, -0.05) is 12.1 Å². The Morgan fingerprint density at radius 2 is 1.69 bits per heavy atom. The van der Waals surface area contributed by atoms with Crippen LogP contribution >= 0.6 is 0 Å². The Balaban J connectivity index is 1.33. The van der Waals surface area contributed by atoms with Crippen molar-refractivity contribution in [3.8, 4) is 11.3 Å². The molecule has 1 amide bonds. The number of hydrogen-bond acceptors (Lipinski definition) is 6. The van der Waals surface area contributed by atoms with Gasteiger partial charge in [-0.25, -0.2) is 22.8 Å². The number of anilines is 1. The molecule has 2 fully saturated rings. The van der Waals surface area contributed by atoms with E-state index in [2.05, 4.69) is 20.6 Å². The van der Waals surface area contributed by atoms with E-state index in [4.69, 9.17) is 0 Å². The quantitative estimate of drug-likeness (QED) is 0.395. The molecule has 0 radical (unpaired) electrons. The van der Waals surface area contributed by atoms with Gasteiger partial charge in [-0.15, -0.1) is 0 Å². The highest BCUT2D eigenvalue weighted by Gasteiger charge is 2.39. The summed E-state index contributed by atoms with van der Waals surface area (Å²) in [4.78, 5) is 21.8. The summed E-state index contributed by atoms with van der Waals surface area (Å²) in [5.41, 5.74) is 0.458. The van der Waals surface area contributed by atoms with Crippen molar-refractivity contribution in [2.45, 2.75) is 55.4 Å². The van der Waals surface area contributed by atoms with Gasteiger partial charge in [0.05, 0.1) is 28.4 Å². The van der Waals surface area contributed by atoms with Crippen molar-refractivity contribution in [3.05, 3.63) is 71.7 Å². The smallest absolute Gasteiger partial charge is 0.351 e. The van der Waals surface area contributed by atoms with Crippen molar-refractivity contribution in [1.29, 1.82) is 0 Å². The van der Waals surface area contributed by atoms with Gasteiger partial charge >= 0.3 is 6.18 Å². The summed E-state index contributed by atoms with van der Waals surface area (Å²) in [5, 5.41) is 5.90. The fourth-order valence-electron chi connectivity index (χ4n) is 4.37. The molecule has 3 aromatic rings. The van der Waals surface area contributed by atoms with E-state index in [1.807, 2.05) is 0 Å². The number of sulfonamides is 1. The number of benzene rings is 2. The predicted molar refractivity (Wildman–Crippen MR) is 134 cm³/mol. The van der Waals surface area contributed by atoms with E-state index in [1.54, 1.807) is 6.07 Å². The lowest BCUT2D eigenvalue weighted by Gasteiger charge is -2.23. The fraction of sp³-hybridized carbons (Fsp3) is 0.346. The molecule has 2 aliphatic rings. The fourth-order valence-corrected chi connectivity index (χ4v) is 6.02. The molecule has 2 heterocycles. The molecule has 39 heavy (non-hydrogen) atoms. The van der Waals surface area contributed by atoms with Crippen LogP contribution in [0.4, 0.5) is 23.5 Å². The van der Waals surface area contributed by atoms with Crippen LogP contribution in [-0.4, -0.2) is 47.2 Å². The van der Waals surface area contributed by atoms with Gasteiger partial charge in [-0.2, -0.15) is 17.5 Å². The van der Waals surface area contributed by atoms with Crippen LogP contribution in [-0.2, 0) is 27.5 Å². The third-order valence-corrected chi connectivity index (χ3v) is 8.49. The molecule has 1 saturated carbocycles. The van der Waals surface area contributed by atoms with Gasteiger partial charge in [0.15, 0.2) is 0 Å². The predicted octanol–water partition coefficient (Wildman–Crippen LogP) is 4.35. The Bertz CT molecular complexity index is 1460. The van der Waals surface area contributed by atoms with Crippen molar-refractivity contribution < 1.29 is 30.8 Å². The number of carbonyl (C=O) groups is 1. The van der Waals surface area contributed by atoms with Gasteiger partial charge in [-0.3, -0.25) is 4.79 Å². The Morgan fingerprint density at radius 3 is 2.33 bits per heavy atom. The number of nitrogens with zero attached hydrogens (tertiary/aromatic N) is 3. The second-order valence-corrected chi connectivity index (χ2v) is 11.4. The first kappa shape index (κ1) is 27.0. The largest absolute Gasteiger partial charge is 0.416 e. The molecule has 1 aliphatic heterocycles. The molecule has 5 rings (SSSR count). The molecule has 0 unspecified atom stereocenters. The second kappa shape index (κ2) is 10.5. The minimum atomic E-state index is -4.46. The van der Waals surface area contributed by atoms with Crippen LogP contribution in [0.5, 0.6) is 0 Å². The first-order chi connectivity index (χ1) is 18.5. The van der Waals surface area contributed by atoms with E-state index in [9.17, 15) is 30.8 Å². The van der Waals surface area contributed by atoms with Gasteiger partial charge in [0.2, 0.25) is 21.9 Å². The highest BCUT2D eigenvalue weighted by Crippen LogP contribution is 2.32. The van der Waals surface area contributed by atoms with E-state index < -0.39 is 39.5 Å². The first-order valence-electron chi connectivity index (χ1n) is 12.4. The maximum absolute atomic E-state index is 13.3. The maximum atomic E-state index is 13.3. The molecule has 1 aromatic heterocycles. The second-order valence-electron chi connectivity index (χ2n) is 9.51. The summed E-state index contributed by atoms with van der Waals surface area (Å²) in [7, 11) is -4.01. The monoisotopic (exact) mass is 563 g/mol. The van der Waals surface area contributed by atoms with Crippen molar-refractivity contribution >= 4 is 21.9 Å². The summed E-state index contributed by atoms with van der Waals surface area (Å²) in [6.07, 6.45) is -1.77. The number of halogens is 4. The molecule has 2 N–H and O–H groups in total. The Kier molecular flexibility index (Phi) is 7.29. The molecule has 2 aromatic carbocycles. The van der Waals surface area contributed by atoms with E-state index in [0.717, 1.165) is 53.5 Å². The van der Waals surface area contributed by atoms with E-state index in [1.165, 1.54) is 12.1 Å². The number of amides is 1. The molecule has 13 heteroatoms. The van der Waals surface area contributed by atoms with Gasteiger partial charge in [-0.05, 0) is 68.1 Å². The SMILES string of the molecule is O=C(NCc1cc(-c2ccc(C(F)(F)F)cc2)nc(NC2CC2)n1)[C@@H]1CCCN1S(=O)(=O)c1ccc(F)cc1. The van der Waals surface area contributed by atoms with E-state index in [0.29, 0.717) is 35.7 Å². The average molecular weight is 564 g/mol.